The Morgan fingerprint density at radius 1 is 1.54 bits per heavy atom. The second kappa shape index (κ2) is 2.92. The summed E-state index contributed by atoms with van der Waals surface area (Å²) < 4.78 is 5.39. The van der Waals surface area contributed by atoms with Crippen LogP contribution >= 0.6 is 11.6 Å². The minimum atomic E-state index is -0.214. The number of halogens is 1. The molecule has 4 heteroatoms. The molecule has 0 amide bonds. The number of anilines is 1. The van der Waals surface area contributed by atoms with E-state index in [-0.39, 0.29) is 5.38 Å². The van der Waals surface area contributed by atoms with Crippen LogP contribution < -0.4 is 5.73 Å². The van der Waals surface area contributed by atoms with Crippen LogP contribution in [0.3, 0.4) is 0 Å². The Balaban J connectivity index is 2.62. The molecule has 0 aliphatic rings. The lowest BCUT2D eigenvalue weighted by atomic mass is 10.3. The monoisotopic (exact) mass is 196 g/mol. The van der Waals surface area contributed by atoms with Gasteiger partial charge in [-0.2, -0.15) is 0 Å². The van der Waals surface area contributed by atoms with Gasteiger partial charge in [-0.25, -0.2) is 4.98 Å². The van der Waals surface area contributed by atoms with E-state index in [9.17, 15) is 0 Å². The molecule has 2 aromatic rings. The minimum absolute atomic E-state index is 0.214. The van der Waals surface area contributed by atoms with E-state index < -0.39 is 0 Å². The summed E-state index contributed by atoms with van der Waals surface area (Å²) in [6, 6.07) is 5.34. The standard InChI is InChI=1S/C9H9ClN2O/c1-5(10)9-12-7-3-2-6(11)4-8(7)13-9/h2-5H,11H2,1H3. The number of oxazole rings is 1. The smallest absolute Gasteiger partial charge is 0.213 e. The molecule has 1 unspecified atom stereocenters. The molecule has 1 heterocycles. The molecule has 0 aliphatic carbocycles. The van der Waals surface area contributed by atoms with Crippen molar-refractivity contribution >= 4 is 28.4 Å². The molecule has 13 heavy (non-hydrogen) atoms. The second-order valence-electron chi connectivity index (χ2n) is 2.90. The number of hydrogen-bond acceptors (Lipinski definition) is 3. The highest BCUT2D eigenvalue weighted by Crippen LogP contribution is 2.24. The van der Waals surface area contributed by atoms with Gasteiger partial charge in [0.25, 0.3) is 0 Å². The SMILES string of the molecule is CC(Cl)c1nc2ccc(N)cc2o1. The van der Waals surface area contributed by atoms with Crippen LogP contribution in [0.5, 0.6) is 0 Å². The van der Waals surface area contributed by atoms with Crippen LogP contribution in [0.1, 0.15) is 18.2 Å². The zero-order valence-electron chi connectivity index (χ0n) is 7.12. The second-order valence-corrected chi connectivity index (χ2v) is 3.55. The van der Waals surface area contributed by atoms with Crippen LogP contribution in [0.15, 0.2) is 22.6 Å². The van der Waals surface area contributed by atoms with Gasteiger partial charge in [-0.15, -0.1) is 11.6 Å². The zero-order chi connectivity index (χ0) is 9.42. The molecule has 2 rings (SSSR count). The average Bonchev–Trinajstić information content (AvgIpc) is 2.46. The Morgan fingerprint density at radius 3 is 3.00 bits per heavy atom. The predicted molar refractivity (Wildman–Crippen MR) is 52.7 cm³/mol. The molecule has 0 saturated heterocycles. The molecule has 0 fully saturated rings. The molecule has 1 atom stereocenters. The molecule has 0 bridgehead atoms. The maximum absolute atomic E-state index is 5.83. The lowest BCUT2D eigenvalue weighted by molar-refractivity contribution is 0.531. The molecule has 0 aliphatic heterocycles. The fourth-order valence-electron chi connectivity index (χ4n) is 1.13. The fraction of sp³-hybridized carbons (Fsp3) is 0.222. The third-order valence-electron chi connectivity index (χ3n) is 1.77. The van der Waals surface area contributed by atoms with Crippen LogP contribution in [0.25, 0.3) is 11.1 Å². The number of nitrogens with two attached hydrogens (primary N) is 1. The van der Waals surface area contributed by atoms with Crippen LogP contribution in [0, 0.1) is 0 Å². The van der Waals surface area contributed by atoms with E-state index in [0.717, 1.165) is 5.52 Å². The molecule has 2 N–H and O–H groups in total. The Morgan fingerprint density at radius 2 is 2.31 bits per heavy atom. The maximum atomic E-state index is 5.83. The van der Waals surface area contributed by atoms with Crippen LogP contribution in [-0.2, 0) is 0 Å². The summed E-state index contributed by atoms with van der Waals surface area (Å²) in [4.78, 5) is 4.20. The van der Waals surface area contributed by atoms with E-state index in [1.165, 1.54) is 0 Å². The first kappa shape index (κ1) is 8.38. The van der Waals surface area contributed by atoms with Crippen molar-refractivity contribution in [3.63, 3.8) is 0 Å². The summed E-state index contributed by atoms with van der Waals surface area (Å²) in [5.41, 5.74) is 7.72. The Hall–Kier alpha value is -1.22. The summed E-state index contributed by atoms with van der Waals surface area (Å²) in [6.07, 6.45) is 0. The van der Waals surface area contributed by atoms with E-state index in [2.05, 4.69) is 4.98 Å². The fourth-order valence-corrected chi connectivity index (χ4v) is 1.22. The molecule has 3 nitrogen and oxygen atoms in total. The highest BCUT2D eigenvalue weighted by atomic mass is 35.5. The summed E-state index contributed by atoms with van der Waals surface area (Å²) in [6.45, 7) is 1.82. The van der Waals surface area contributed by atoms with Gasteiger partial charge in [-0.1, -0.05) is 0 Å². The van der Waals surface area contributed by atoms with Crippen molar-refractivity contribution in [3.05, 3.63) is 24.1 Å². The Kier molecular flexibility index (Phi) is 1.88. The highest BCUT2D eigenvalue weighted by Gasteiger charge is 2.10. The first-order valence-corrected chi connectivity index (χ1v) is 4.40. The van der Waals surface area contributed by atoms with Crippen molar-refractivity contribution in [2.75, 3.05) is 5.73 Å². The van der Waals surface area contributed by atoms with Crippen LogP contribution in [0.2, 0.25) is 0 Å². The Bertz CT molecular complexity index is 436. The van der Waals surface area contributed by atoms with Gasteiger partial charge in [0.2, 0.25) is 5.89 Å². The van der Waals surface area contributed by atoms with E-state index in [4.69, 9.17) is 21.8 Å². The van der Waals surface area contributed by atoms with Crippen LogP contribution in [-0.4, -0.2) is 4.98 Å². The van der Waals surface area contributed by atoms with Gasteiger partial charge >= 0.3 is 0 Å². The van der Waals surface area contributed by atoms with Crippen LogP contribution in [0.4, 0.5) is 5.69 Å². The van der Waals surface area contributed by atoms with Gasteiger partial charge in [0.1, 0.15) is 10.9 Å². The molecule has 1 aromatic heterocycles. The first-order valence-electron chi connectivity index (χ1n) is 3.97. The molecular formula is C9H9ClN2O. The number of nitrogens with zero attached hydrogens (tertiary/aromatic N) is 1. The summed E-state index contributed by atoms with van der Waals surface area (Å²) >= 11 is 5.83. The van der Waals surface area contributed by atoms with E-state index in [0.29, 0.717) is 17.2 Å². The number of rotatable bonds is 1. The molecule has 0 saturated carbocycles. The number of fused-ring (bicyclic) bond motifs is 1. The number of aromatic nitrogens is 1. The topological polar surface area (TPSA) is 52.0 Å². The molecule has 1 aromatic carbocycles. The summed E-state index contributed by atoms with van der Waals surface area (Å²) in [5, 5.41) is -0.214. The van der Waals surface area contributed by atoms with Crippen molar-refractivity contribution in [1.82, 2.24) is 4.98 Å². The molecule has 0 spiro atoms. The zero-order valence-corrected chi connectivity index (χ0v) is 7.88. The van der Waals surface area contributed by atoms with Crippen molar-refractivity contribution in [3.8, 4) is 0 Å². The van der Waals surface area contributed by atoms with E-state index >= 15 is 0 Å². The molecular weight excluding hydrogens is 188 g/mol. The number of alkyl halides is 1. The highest BCUT2D eigenvalue weighted by molar-refractivity contribution is 6.20. The van der Waals surface area contributed by atoms with Gasteiger partial charge in [0, 0.05) is 11.8 Å². The lowest BCUT2D eigenvalue weighted by Gasteiger charge is -1.91. The average molecular weight is 197 g/mol. The van der Waals surface area contributed by atoms with E-state index in [1.807, 2.05) is 13.0 Å². The van der Waals surface area contributed by atoms with Crippen molar-refractivity contribution in [2.24, 2.45) is 0 Å². The first-order chi connectivity index (χ1) is 6.16. The summed E-state index contributed by atoms with van der Waals surface area (Å²) in [7, 11) is 0. The number of hydrogen-bond donors (Lipinski definition) is 1. The van der Waals surface area contributed by atoms with Crippen molar-refractivity contribution in [1.29, 1.82) is 0 Å². The van der Waals surface area contributed by atoms with Gasteiger partial charge in [0.15, 0.2) is 5.58 Å². The Labute approximate surface area is 80.5 Å². The number of benzene rings is 1. The third kappa shape index (κ3) is 1.47. The predicted octanol–water partition coefficient (Wildman–Crippen LogP) is 2.71. The lowest BCUT2D eigenvalue weighted by Crippen LogP contribution is -1.82. The van der Waals surface area contributed by atoms with Gasteiger partial charge in [-0.05, 0) is 19.1 Å². The quantitative estimate of drug-likeness (QED) is 0.564. The van der Waals surface area contributed by atoms with Gasteiger partial charge < -0.3 is 10.2 Å². The van der Waals surface area contributed by atoms with Gasteiger partial charge in [0.05, 0.1) is 0 Å². The minimum Gasteiger partial charge on any atom is -0.439 e. The van der Waals surface area contributed by atoms with Crippen molar-refractivity contribution in [2.45, 2.75) is 12.3 Å². The third-order valence-corrected chi connectivity index (χ3v) is 1.96. The van der Waals surface area contributed by atoms with E-state index in [1.54, 1.807) is 12.1 Å². The molecule has 0 radical (unpaired) electrons. The molecule has 68 valence electrons. The normalized spacial score (nSPS) is 13.4. The summed E-state index contributed by atoms with van der Waals surface area (Å²) in [5.74, 6) is 0.530. The number of nitrogen functional groups attached to an aromatic ring is 1. The largest absolute Gasteiger partial charge is 0.439 e. The van der Waals surface area contributed by atoms with Crippen molar-refractivity contribution < 1.29 is 4.42 Å². The van der Waals surface area contributed by atoms with Gasteiger partial charge in [-0.3, -0.25) is 0 Å². The maximum Gasteiger partial charge on any atom is 0.213 e.